The normalized spacial score (nSPS) is 17.7. The van der Waals surface area contributed by atoms with E-state index in [4.69, 9.17) is 10.8 Å². The van der Waals surface area contributed by atoms with Gasteiger partial charge in [-0.2, -0.15) is 5.10 Å². The first-order valence-corrected chi connectivity index (χ1v) is 7.87. The zero-order valence-corrected chi connectivity index (χ0v) is 13.3. The Morgan fingerprint density at radius 2 is 1.86 bits per heavy atom. The molecule has 0 fully saturated rings. The maximum atomic E-state index is 5.72. The first kappa shape index (κ1) is 14.8. The standard InChI is InChI=1S/C19H23N3/c1-14-8-9-18(12-15(14)2)22-19(13-17(21-22)10-11-20)16-6-4-3-5-7-16/h3-9,12,19H,10-11,13,20H2,1-2H3. The van der Waals surface area contributed by atoms with Gasteiger partial charge >= 0.3 is 0 Å². The number of aryl methyl sites for hydroxylation is 2. The summed E-state index contributed by atoms with van der Waals surface area (Å²) in [5.74, 6) is 0. The Morgan fingerprint density at radius 3 is 2.55 bits per heavy atom. The average Bonchev–Trinajstić information content (AvgIpc) is 2.95. The Bertz CT molecular complexity index is 676. The lowest BCUT2D eigenvalue weighted by atomic mass is 10.00. The average molecular weight is 293 g/mol. The maximum Gasteiger partial charge on any atom is 0.0828 e. The van der Waals surface area contributed by atoms with Crippen LogP contribution in [0, 0.1) is 13.8 Å². The minimum atomic E-state index is 0.268. The molecule has 1 atom stereocenters. The SMILES string of the molecule is Cc1ccc(N2N=C(CCN)CC2c2ccccc2)cc1C. The predicted molar refractivity (Wildman–Crippen MR) is 93.3 cm³/mol. The molecule has 3 heteroatoms. The number of hydrazone groups is 1. The van der Waals surface area contributed by atoms with E-state index in [0.29, 0.717) is 6.54 Å². The third-order valence-corrected chi connectivity index (χ3v) is 4.35. The Morgan fingerprint density at radius 1 is 1.09 bits per heavy atom. The zero-order valence-electron chi connectivity index (χ0n) is 13.3. The van der Waals surface area contributed by atoms with Gasteiger partial charge < -0.3 is 5.73 Å². The summed E-state index contributed by atoms with van der Waals surface area (Å²) >= 11 is 0. The van der Waals surface area contributed by atoms with Crippen LogP contribution in [0.5, 0.6) is 0 Å². The highest BCUT2D eigenvalue weighted by Crippen LogP contribution is 2.36. The van der Waals surface area contributed by atoms with Gasteiger partial charge in [0.1, 0.15) is 0 Å². The second-order valence-corrected chi connectivity index (χ2v) is 5.95. The molecule has 2 aromatic rings. The molecule has 2 aromatic carbocycles. The van der Waals surface area contributed by atoms with Crippen LogP contribution in [0.3, 0.4) is 0 Å². The van der Waals surface area contributed by atoms with Crippen molar-refractivity contribution in [2.24, 2.45) is 10.8 Å². The van der Waals surface area contributed by atoms with Crippen molar-refractivity contribution in [3.8, 4) is 0 Å². The number of anilines is 1. The molecule has 0 aromatic heterocycles. The summed E-state index contributed by atoms with van der Waals surface area (Å²) < 4.78 is 0. The Hall–Kier alpha value is -2.13. The van der Waals surface area contributed by atoms with E-state index in [1.54, 1.807) is 0 Å². The smallest absolute Gasteiger partial charge is 0.0828 e. The molecule has 3 nitrogen and oxygen atoms in total. The van der Waals surface area contributed by atoms with Crippen LogP contribution >= 0.6 is 0 Å². The number of nitrogens with two attached hydrogens (primary N) is 1. The van der Waals surface area contributed by atoms with Crippen molar-refractivity contribution >= 4 is 11.4 Å². The van der Waals surface area contributed by atoms with Crippen LogP contribution in [0.1, 0.15) is 35.6 Å². The highest BCUT2D eigenvalue weighted by molar-refractivity contribution is 5.89. The van der Waals surface area contributed by atoms with Crippen molar-refractivity contribution in [1.82, 2.24) is 0 Å². The van der Waals surface area contributed by atoms with Crippen LogP contribution in [-0.2, 0) is 0 Å². The van der Waals surface area contributed by atoms with Gasteiger partial charge in [0.2, 0.25) is 0 Å². The topological polar surface area (TPSA) is 41.6 Å². The minimum absolute atomic E-state index is 0.268. The first-order valence-electron chi connectivity index (χ1n) is 7.87. The van der Waals surface area contributed by atoms with E-state index >= 15 is 0 Å². The fourth-order valence-electron chi connectivity index (χ4n) is 2.93. The Balaban J connectivity index is 1.97. The van der Waals surface area contributed by atoms with Crippen molar-refractivity contribution < 1.29 is 0 Å². The molecule has 1 unspecified atom stereocenters. The quantitative estimate of drug-likeness (QED) is 0.927. The van der Waals surface area contributed by atoms with Crippen molar-refractivity contribution in [3.05, 3.63) is 65.2 Å². The lowest BCUT2D eigenvalue weighted by Gasteiger charge is -2.24. The van der Waals surface area contributed by atoms with Crippen LogP contribution in [0.25, 0.3) is 0 Å². The number of nitrogens with zero attached hydrogens (tertiary/aromatic N) is 2. The van der Waals surface area contributed by atoms with Gasteiger partial charge in [0.15, 0.2) is 0 Å². The van der Waals surface area contributed by atoms with Crippen molar-refractivity contribution in [3.63, 3.8) is 0 Å². The fourth-order valence-corrected chi connectivity index (χ4v) is 2.93. The van der Waals surface area contributed by atoms with Crippen LogP contribution in [0.15, 0.2) is 53.6 Å². The molecule has 114 valence electrons. The van der Waals surface area contributed by atoms with E-state index in [9.17, 15) is 0 Å². The van der Waals surface area contributed by atoms with Crippen LogP contribution in [-0.4, -0.2) is 12.3 Å². The molecule has 0 amide bonds. The zero-order chi connectivity index (χ0) is 15.5. The van der Waals surface area contributed by atoms with Crippen molar-refractivity contribution in [2.45, 2.75) is 32.7 Å². The summed E-state index contributed by atoms with van der Waals surface area (Å²) in [7, 11) is 0. The van der Waals surface area contributed by atoms with E-state index in [1.165, 1.54) is 22.4 Å². The molecule has 1 aliphatic rings. The highest BCUT2D eigenvalue weighted by atomic mass is 15.5. The number of hydrogen-bond acceptors (Lipinski definition) is 3. The summed E-state index contributed by atoms with van der Waals surface area (Å²) in [6, 6.07) is 17.4. The molecule has 1 aliphatic heterocycles. The van der Waals surface area contributed by atoms with Crippen LogP contribution in [0.4, 0.5) is 5.69 Å². The molecule has 0 saturated heterocycles. The highest BCUT2D eigenvalue weighted by Gasteiger charge is 2.28. The summed E-state index contributed by atoms with van der Waals surface area (Å²) in [6.07, 6.45) is 1.82. The molecule has 3 rings (SSSR count). The van der Waals surface area contributed by atoms with E-state index < -0.39 is 0 Å². The summed E-state index contributed by atoms with van der Waals surface area (Å²) in [4.78, 5) is 0. The lowest BCUT2D eigenvalue weighted by Crippen LogP contribution is -2.18. The van der Waals surface area contributed by atoms with Gasteiger partial charge in [-0.3, -0.25) is 5.01 Å². The lowest BCUT2D eigenvalue weighted by molar-refractivity contribution is 0.707. The third kappa shape index (κ3) is 2.90. The van der Waals surface area contributed by atoms with Crippen LogP contribution < -0.4 is 10.7 Å². The van der Waals surface area contributed by atoms with E-state index in [-0.39, 0.29) is 6.04 Å². The molecule has 22 heavy (non-hydrogen) atoms. The fraction of sp³-hybridized carbons (Fsp3) is 0.316. The number of benzene rings is 2. The summed E-state index contributed by atoms with van der Waals surface area (Å²) in [5.41, 5.74) is 12.0. The van der Waals surface area contributed by atoms with Gasteiger partial charge in [0.25, 0.3) is 0 Å². The van der Waals surface area contributed by atoms with Gasteiger partial charge in [-0.25, -0.2) is 0 Å². The summed E-state index contributed by atoms with van der Waals surface area (Å²) in [6.45, 7) is 4.94. The molecular weight excluding hydrogens is 270 g/mol. The second kappa shape index (κ2) is 6.32. The Kier molecular flexibility index (Phi) is 4.25. The van der Waals surface area contributed by atoms with Gasteiger partial charge in [-0.1, -0.05) is 36.4 Å². The molecule has 0 radical (unpaired) electrons. The first-order chi connectivity index (χ1) is 10.7. The van der Waals surface area contributed by atoms with Crippen molar-refractivity contribution in [1.29, 1.82) is 0 Å². The maximum absolute atomic E-state index is 5.72. The van der Waals surface area contributed by atoms with E-state index in [0.717, 1.165) is 18.5 Å². The van der Waals surface area contributed by atoms with E-state index in [2.05, 4.69) is 67.4 Å². The second-order valence-electron chi connectivity index (χ2n) is 5.95. The molecule has 0 bridgehead atoms. The monoisotopic (exact) mass is 293 g/mol. The van der Waals surface area contributed by atoms with E-state index in [1.807, 2.05) is 0 Å². The third-order valence-electron chi connectivity index (χ3n) is 4.35. The number of rotatable bonds is 4. The number of hydrogen-bond donors (Lipinski definition) is 1. The molecule has 0 spiro atoms. The largest absolute Gasteiger partial charge is 0.330 e. The molecule has 1 heterocycles. The summed E-state index contributed by atoms with van der Waals surface area (Å²) in [5, 5.41) is 7.01. The van der Waals surface area contributed by atoms with Crippen LogP contribution in [0.2, 0.25) is 0 Å². The Labute approximate surface area is 132 Å². The minimum Gasteiger partial charge on any atom is -0.330 e. The van der Waals surface area contributed by atoms with Gasteiger partial charge in [-0.05, 0) is 55.6 Å². The molecule has 2 N–H and O–H groups in total. The van der Waals surface area contributed by atoms with Crippen molar-refractivity contribution in [2.75, 3.05) is 11.6 Å². The molecule has 0 aliphatic carbocycles. The molecular formula is C19H23N3. The van der Waals surface area contributed by atoms with Gasteiger partial charge in [-0.15, -0.1) is 0 Å². The van der Waals surface area contributed by atoms with Gasteiger partial charge in [0, 0.05) is 12.1 Å². The van der Waals surface area contributed by atoms with Gasteiger partial charge in [0.05, 0.1) is 11.7 Å². The predicted octanol–water partition coefficient (Wildman–Crippen LogP) is 3.96. The molecule has 0 saturated carbocycles.